The van der Waals surface area contributed by atoms with Gasteiger partial charge >= 0.3 is 0 Å². The van der Waals surface area contributed by atoms with Crippen LogP contribution in [0, 0.1) is 23.6 Å². The lowest BCUT2D eigenvalue weighted by molar-refractivity contribution is -0.906. The van der Waals surface area contributed by atoms with E-state index < -0.39 is 6.10 Å². The highest BCUT2D eigenvalue weighted by molar-refractivity contribution is 5.34. The van der Waals surface area contributed by atoms with Gasteiger partial charge in [-0.05, 0) is 91.5 Å². The summed E-state index contributed by atoms with van der Waals surface area (Å²) in [6, 6.07) is 15.3. The predicted octanol–water partition coefficient (Wildman–Crippen LogP) is 5.31. The second kappa shape index (κ2) is 8.46. The first-order valence-electron chi connectivity index (χ1n) is 12.3. The number of likely N-dealkylation sites (N-methyl/N-ethyl adjacent to an activating group) is 1. The molecule has 6 rings (SSSR count). The molecule has 4 heteroatoms. The first-order valence-corrected chi connectivity index (χ1v) is 12.3. The molecule has 172 valence electrons. The minimum absolute atomic E-state index is 0.221. The molecule has 2 aromatic rings. The number of rotatable bonds is 8. The first kappa shape index (κ1) is 21.9. The number of aliphatic hydroxyl groups is 1. The lowest BCUT2D eigenvalue weighted by Gasteiger charge is -2.57. The summed E-state index contributed by atoms with van der Waals surface area (Å²) in [5.74, 6) is 3.46. The van der Waals surface area contributed by atoms with Crippen molar-refractivity contribution in [3.8, 4) is 5.75 Å². The second-order valence-electron chi connectivity index (χ2n) is 11.6. The number of hydrogen-bond acceptors (Lipinski definition) is 2. The van der Waals surface area contributed by atoms with Gasteiger partial charge in [0, 0.05) is 5.56 Å². The molecule has 0 spiro atoms. The van der Waals surface area contributed by atoms with Crippen LogP contribution < -0.4 is 4.74 Å². The second-order valence-corrected chi connectivity index (χ2v) is 11.6. The largest absolute Gasteiger partial charge is 0.491 e. The summed E-state index contributed by atoms with van der Waals surface area (Å²) in [6.07, 6.45) is 7.96. The van der Waals surface area contributed by atoms with Gasteiger partial charge in [0.05, 0.1) is 14.1 Å². The number of benzene rings is 2. The Kier molecular flexibility index (Phi) is 5.79. The molecule has 4 aliphatic rings. The summed E-state index contributed by atoms with van der Waals surface area (Å²) < 4.78 is 19.7. The van der Waals surface area contributed by atoms with Crippen molar-refractivity contribution in [2.24, 2.45) is 17.8 Å². The molecule has 0 aromatic heterocycles. The summed E-state index contributed by atoms with van der Waals surface area (Å²) in [5.41, 5.74) is 2.97. The molecule has 4 fully saturated rings. The van der Waals surface area contributed by atoms with Gasteiger partial charge in [-0.25, -0.2) is 4.39 Å². The lowest BCUT2D eigenvalue weighted by Crippen LogP contribution is -2.48. The minimum Gasteiger partial charge on any atom is -0.491 e. The zero-order valence-electron chi connectivity index (χ0n) is 19.5. The summed E-state index contributed by atoms with van der Waals surface area (Å²) >= 11 is 0. The van der Waals surface area contributed by atoms with E-state index in [1.165, 1.54) is 56.2 Å². The number of quaternary nitrogens is 1. The van der Waals surface area contributed by atoms with E-state index in [2.05, 4.69) is 38.4 Å². The highest BCUT2D eigenvalue weighted by Crippen LogP contribution is 2.60. The van der Waals surface area contributed by atoms with Crippen LogP contribution in [0.4, 0.5) is 4.39 Å². The Morgan fingerprint density at radius 2 is 1.50 bits per heavy atom. The first-order chi connectivity index (χ1) is 15.3. The normalized spacial score (nSPS) is 29.8. The van der Waals surface area contributed by atoms with E-state index in [0.29, 0.717) is 16.4 Å². The summed E-state index contributed by atoms with van der Waals surface area (Å²) in [5, 5.41) is 10.6. The van der Waals surface area contributed by atoms with E-state index in [0.717, 1.165) is 35.6 Å². The van der Waals surface area contributed by atoms with E-state index in [1.807, 2.05) is 12.1 Å². The molecule has 0 heterocycles. The van der Waals surface area contributed by atoms with Crippen molar-refractivity contribution in [1.82, 2.24) is 0 Å². The maximum absolute atomic E-state index is 13.1. The fourth-order valence-electron chi connectivity index (χ4n) is 7.33. The van der Waals surface area contributed by atoms with Crippen molar-refractivity contribution >= 4 is 0 Å². The van der Waals surface area contributed by atoms with Crippen molar-refractivity contribution < 1.29 is 18.7 Å². The topological polar surface area (TPSA) is 29.5 Å². The highest BCUT2D eigenvalue weighted by Gasteiger charge is 2.51. The van der Waals surface area contributed by atoms with Gasteiger partial charge < -0.3 is 14.3 Å². The molecule has 4 bridgehead atoms. The summed E-state index contributed by atoms with van der Waals surface area (Å²) in [6.45, 7) is 1.58. The maximum Gasteiger partial charge on any atom is 0.137 e. The van der Waals surface area contributed by atoms with Crippen LogP contribution in [0.3, 0.4) is 0 Å². The molecule has 1 atom stereocenters. The molecule has 1 unspecified atom stereocenters. The summed E-state index contributed by atoms with van der Waals surface area (Å²) in [4.78, 5) is 0. The molecule has 2 aromatic carbocycles. The van der Waals surface area contributed by atoms with E-state index in [-0.39, 0.29) is 12.4 Å². The van der Waals surface area contributed by atoms with Gasteiger partial charge in [0.25, 0.3) is 0 Å². The van der Waals surface area contributed by atoms with Gasteiger partial charge in [-0.2, -0.15) is 0 Å². The molecule has 3 nitrogen and oxygen atoms in total. The minimum atomic E-state index is -0.562. The molecule has 4 saturated carbocycles. The third kappa shape index (κ3) is 4.72. The Labute approximate surface area is 191 Å². The van der Waals surface area contributed by atoms with Crippen LogP contribution in [0.1, 0.15) is 49.7 Å². The van der Waals surface area contributed by atoms with Gasteiger partial charge in [-0.1, -0.05) is 24.3 Å². The van der Waals surface area contributed by atoms with Crippen LogP contribution in [0.15, 0.2) is 48.5 Å². The van der Waals surface area contributed by atoms with Crippen molar-refractivity contribution in [3.63, 3.8) is 0 Å². The van der Waals surface area contributed by atoms with Crippen LogP contribution in [-0.2, 0) is 12.0 Å². The molecule has 1 N–H and O–H groups in total. The van der Waals surface area contributed by atoms with Crippen LogP contribution in [-0.4, -0.2) is 42.9 Å². The zero-order chi connectivity index (χ0) is 22.3. The Bertz CT molecular complexity index is 886. The number of halogens is 1. The Morgan fingerprint density at radius 1 is 0.938 bits per heavy atom. The van der Waals surface area contributed by atoms with Crippen molar-refractivity contribution in [2.75, 3.05) is 27.2 Å². The molecular weight excluding hydrogens is 401 g/mol. The lowest BCUT2D eigenvalue weighted by atomic mass is 9.48. The fourth-order valence-corrected chi connectivity index (χ4v) is 7.33. The van der Waals surface area contributed by atoms with Crippen LogP contribution in [0.5, 0.6) is 5.75 Å². The van der Waals surface area contributed by atoms with Gasteiger partial charge in [-0.3, -0.25) is 0 Å². The average molecular weight is 439 g/mol. The van der Waals surface area contributed by atoms with Gasteiger partial charge in [0.15, 0.2) is 0 Å². The van der Waals surface area contributed by atoms with Gasteiger partial charge in [-0.15, -0.1) is 0 Å². The van der Waals surface area contributed by atoms with Crippen LogP contribution in [0.25, 0.3) is 0 Å². The van der Waals surface area contributed by atoms with Crippen LogP contribution >= 0.6 is 0 Å². The number of ether oxygens (including phenoxy) is 1. The Morgan fingerprint density at radius 3 is 2.06 bits per heavy atom. The third-order valence-electron chi connectivity index (χ3n) is 8.18. The summed E-state index contributed by atoms with van der Waals surface area (Å²) in [7, 11) is 4.15. The molecule has 32 heavy (non-hydrogen) atoms. The third-order valence-corrected chi connectivity index (χ3v) is 8.18. The van der Waals surface area contributed by atoms with Crippen molar-refractivity contribution in [1.29, 1.82) is 0 Å². The average Bonchev–Trinajstić information content (AvgIpc) is 2.73. The Hall–Kier alpha value is -1.91. The quantitative estimate of drug-likeness (QED) is 0.566. The molecule has 0 aliphatic heterocycles. The van der Waals surface area contributed by atoms with E-state index in [1.54, 1.807) is 0 Å². The SMILES string of the molecule is C[N+](C)(Cc1ccc(F)cc1)CC(O)COc1ccc(C23CC4CC(CC(C4)C2)C3)cc1. The van der Waals surface area contributed by atoms with E-state index in [9.17, 15) is 9.50 Å². The molecular formula is C28H37FNO2+. The monoisotopic (exact) mass is 438 g/mol. The molecule has 4 aliphatic carbocycles. The number of hydrogen-bond donors (Lipinski definition) is 1. The molecule has 0 amide bonds. The molecule has 0 saturated heterocycles. The fraction of sp³-hybridized carbons (Fsp3) is 0.571. The number of aliphatic hydroxyl groups excluding tert-OH is 1. The van der Waals surface area contributed by atoms with E-state index >= 15 is 0 Å². The van der Waals surface area contributed by atoms with E-state index in [4.69, 9.17) is 4.74 Å². The smallest absolute Gasteiger partial charge is 0.137 e. The standard InChI is InChI=1S/C28H37FNO2/c1-30(2,17-20-3-7-25(29)8-4-20)18-26(31)19-32-27-9-5-24(6-10-27)28-14-21-11-22(15-28)13-23(12-21)16-28/h3-10,21-23,26,31H,11-19H2,1-2H3/q+1. The predicted molar refractivity (Wildman–Crippen MR) is 125 cm³/mol. The molecule has 0 radical (unpaired) electrons. The van der Waals surface area contributed by atoms with Crippen LogP contribution in [0.2, 0.25) is 0 Å². The van der Waals surface area contributed by atoms with Gasteiger partial charge in [0.2, 0.25) is 0 Å². The Balaban J connectivity index is 1.14. The highest BCUT2D eigenvalue weighted by atomic mass is 19.1. The number of nitrogens with zero attached hydrogens (tertiary/aromatic N) is 1. The van der Waals surface area contributed by atoms with Gasteiger partial charge in [0.1, 0.15) is 37.4 Å². The van der Waals surface area contributed by atoms with Crippen molar-refractivity contribution in [3.05, 3.63) is 65.5 Å². The maximum atomic E-state index is 13.1. The van der Waals surface area contributed by atoms with Crippen molar-refractivity contribution in [2.45, 2.75) is 56.6 Å². The zero-order valence-corrected chi connectivity index (χ0v) is 19.5.